The fraction of sp³-hybridized carbons (Fsp3) is 1.00. The van der Waals surface area contributed by atoms with Gasteiger partial charge in [-0.05, 0) is 57.9 Å². The Bertz CT molecular complexity index is 193. The van der Waals surface area contributed by atoms with Gasteiger partial charge in [-0.2, -0.15) is 0 Å². The maximum Gasteiger partial charge on any atom is 0.0518 e. The Morgan fingerprint density at radius 2 is 2.00 bits per heavy atom. The molecule has 0 saturated heterocycles. The molecule has 1 saturated carbocycles. The number of hydrogen-bond acceptors (Lipinski definition) is 2. The lowest BCUT2D eigenvalue weighted by molar-refractivity contribution is 0.0554. The number of nitrogens with one attached hydrogen (secondary N) is 1. The summed E-state index contributed by atoms with van der Waals surface area (Å²) < 4.78 is 5.71. The molecule has 2 heteroatoms. The fourth-order valence-corrected chi connectivity index (χ4v) is 3.04. The van der Waals surface area contributed by atoms with E-state index in [4.69, 9.17) is 4.74 Å². The van der Waals surface area contributed by atoms with Gasteiger partial charge >= 0.3 is 0 Å². The summed E-state index contributed by atoms with van der Waals surface area (Å²) in [4.78, 5) is 0. The van der Waals surface area contributed by atoms with Crippen molar-refractivity contribution in [3.05, 3.63) is 0 Å². The molecule has 0 aliphatic heterocycles. The third-order valence-electron chi connectivity index (χ3n) is 4.07. The van der Waals surface area contributed by atoms with Crippen LogP contribution < -0.4 is 5.32 Å². The Morgan fingerprint density at radius 3 is 2.59 bits per heavy atom. The van der Waals surface area contributed by atoms with Crippen molar-refractivity contribution in [1.82, 2.24) is 5.32 Å². The van der Waals surface area contributed by atoms with E-state index in [1.807, 2.05) is 0 Å². The summed E-state index contributed by atoms with van der Waals surface area (Å²) in [5.74, 6) is 1.78. The predicted molar refractivity (Wildman–Crippen MR) is 74.3 cm³/mol. The largest absolute Gasteiger partial charge is 0.379 e. The molecule has 1 aliphatic rings. The van der Waals surface area contributed by atoms with Crippen LogP contribution in [0, 0.1) is 11.8 Å². The van der Waals surface area contributed by atoms with Crippen LogP contribution in [0.2, 0.25) is 0 Å². The predicted octanol–water partition coefficient (Wildman–Crippen LogP) is 3.61. The monoisotopic (exact) mass is 241 g/mol. The summed E-state index contributed by atoms with van der Waals surface area (Å²) in [7, 11) is 0. The van der Waals surface area contributed by atoms with Crippen molar-refractivity contribution in [2.24, 2.45) is 11.8 Å². The average Bonchev–Trinajstić information content (AvgIpc) is 2.31. The first-order valence-corrected chi connectivity index (χ1v) is 7.52. The van der Waals surface area contributed by atoms with Gasteiger partial charge in [-0.15, -0.1) is 0 Å². The van der Waals surface area contributed by atoms with Crippen molar-refractivity contribution >= 4 is 0 Å². The van der Waals surface area contributed by atoms with Crippen LogP contribution in [0.25, 0.3) is 0 Å². The third kappa shape index (κ3) is 5.39. The van der Waals surface area contributed by atoms with Crippen LogP contribution in [-0.2, 0) is 4.74 Å². The molecular weight excluding hydrogens is 210 g/mol. The topological polar surface area (TPSA) is 21.3 Å². The molecule has 0 bridgehead atoms. The lowest BCUT2D eigenvalue weighted by Gasteiger charge is -2.36. The van der Waals surface area contributed by atoms with Crippen LogP contribution in [0.3, 0.4) is 0 Å². The Labute approximate surface area is 108 Å². The van der Waals surface area contributed by atoms with E-state index in [0.29, 0.717) is 6.10 Å². The van der Waals surface area contributed by atoms with Gasteiger partial charge < -0.3 is 10.1 Å². The van der Waals surface area contributed by atoms with Crippen molar-refractivity contribution in [2.75, 3.05) is 13.2 Å². The summed E-state index contributed by atoms with van der Waals surface area (Å²) >= 11 is 0. The highest BCUT2D eigenvalue weighted by Crippen LogP contribution is 2.33. The number of hydrogen-bond donors (Lipinski definition) is 1. The van der Waals surface area contributed by atoms with Crippen LogP contribution in [0.5, 0.6) is 0 Å². The first-order valence-electron chi connectivity index (χ1n) is 7.52. The van der Waals surface area contributed by atoms with Gasteiger partial charge in [0.1, 0.15) is 0 Å². The van der Waals surface area contributed by atoms with E-state index in [1.165, 1.54) is 32.1 Å². The SMILES string of the molecule is CCNC1CCC(CC)CC1CCOC(C)C. The molecule has 0 radical (unpaired) electrons. The van der Waals surface area contributed by atoms with Gasteiger partial charge in [0.15, 0.2) is 0 Å². The minimum absolute atomic E-state index is 0.373. The molecule has 102 valence electrons. The van der Waals surface area contributed by atoms with E-state index < -0.39 is 0 Å². The fourth-order valence-electron chi connectivity index (χ4n) is 3.04. The molecule has 0 amide bonds. The summed E-state index contributed by atoms with van der Waals surface area (Å²) in [6.07, 6.45) is 7.12. The molecular formula is C15H31NO. The Hall–Kier alpha value is -0.0800. The second-order valence-electron chi connectivity index (χ2n) is 5.72. The molecule has 1 aliphatic carbocycles. The molecule has 1 N–H and O–H groups in total. The Balaban J connectivity index is 2.37. The molecule has 1 rings (SSSR count). The van der Waals surface area contributed by atoms with Gasteiger partial charge in [0.2, 0.25) is 0 Å². The summed E-state index contributed by atoms with van der Waals surface area (Å²) in [5.41, 5.74) is 0. The highest BCUT2D eigenvalue weighted by atomic mass is 16.5. The standard InChI is InChI=1S/C15H31NO/c1-5-13-7-8-15(16-6-2)14(11-13)9-10-17-12(3)4/h12-16H,5-11H2,1-4H3. The normalized spacial score (nSPS) is 29.8. The number of ether oxygens (including phenoxy) is 1. The van der Waals surface area contributed by atoms with Gasteiger partial charge in [0.05, 0.1) is 6.10 Å². The van der Waals surface area contributed by atoms with E-state index in [0.717, 1.165) is 31.0 Å². The van der Waals surface area contributed by atoms with Gasteiger partial charge in [-0.25, -0.2) is 0 Å². The average molecular weight is 241 g/mol. The smallest absolute Gasteiger partial charge is 0.0518 e. The van der Waals surface area contributed by atoms with Gasteiger partial charge in [0.25, 0.3) is 0 Å². The lowest BCUT2D eigenvalue weighted by atomic mass is 9.75. The Morgan fingerprint density at radius 1 is 1.24 bits per heavy atom. The molecule has 0 spiro atoms. The molecule has 0 heterocycles. The summed E-state index contributed by atoms with van der Waals surface area (Å²) in [5, 5.41) is 3.66. The highest BCUT2D eigenvalue weighted by Gasteiger charge is 2.28. The van der Waals surface area contributed by atoms with Crippen LogP contribution >= 0.6 is 0 Å². The van der Waals surface area contributed by atoms with Crippen molar-refractivity contribution < 1.29 is 4.74 Å². The van der Waals surface area contributed by atoms with Crippen molar-refractivity contribution in [3.63, 3.8) is 0 Å². The van der Waals surface area contributed by atoms with Crippen molar-refractivity contribution in [1.29, 1.82) is 0 Å². The first kappa shape index (κ1) is 15.0. The van der Waals surface area contributed by atoms with Gasteiger partial charge in [-0.3, -0.25) is 0 Å². The zero-order chi connectivity index (χ0) is 12.7. The zero-order valence-corrected chi connectivity index (χ0v) is 12.2. The molecule has 0 aromatic carbocycles. The number of rotatable bonds is 7. The van der Waals surface area contributed by atoms with Crippen molar-refractivity contribution in [3.8, 4) is 0 Å². The highest BCUT2D eigenvalue weighted by molar-refractivity contribution is 4.84. The molecule has 3 unspecified atom stereocenters. The van der Waals surface area contributed by atoms with Crippen LogP contribution in [-0.4, -0.2) is 25.3 Å². The Kier molecular flexibility index (Phi) is 7.14. The van der Waals surface area contributed by atoms with E-state index in [9.17, 15) is 0 Å². The van der Waals surface area contributed by atoms with Crippen molar-refractivity contribution in [2.45, 2.75) is 71.9 Å². The molecule has 17 heavy (non-hydrogen) atoms. The summed E-state index contributed by atoms with van der Waals surface area (Å²) in [6.45, 7) is 10.8. The molecule has 0 aromatic rings. The second kappa shape index (κ2) is 8.10. The zero-order valence-electron chi connectivity index (χ0n) is 12.2. The second-order valence-corrected chi connectivity index (χ2v) is 5.72. The maximum atomic E-state index is 5.71. The van der Waals surface area contributed by atoms with Crippen LogP contribution in [0.4, 0.5) is 0 Å². The molecule has 2 nitrogen and oxygen atoms in total. The van der Waals surface area contributed by atoms with E-state index in [2.05, 4.69) is 33.0 Å². The van der Waals surface area contributed by atoms with E-state index in [1.54, 1.807) is 0 Å². The van der Waals surface area contributed by atoms with Crippen LogP contribution in [0.1, 0.15) is 59.8 Å². The summed E-state index contributed by atoms with van der Waals surface area (Å²) in [6, 6.07) is 0.735. The van der Waals surface area contributed by atoms with E-state index in [-0.39, 0.29) is 0 Å². The quantitative estimate of drug-likeness (QED) is 0.735. The van der Waals surface area contributed by atoms with E-state index >= 15 is 0 Å². The first-order chi connectivity index (χ1) is 8.17. The minimum atomic E-state index is 0.373. The molecule has 1 fully saturated rings. The molecule has 0 aromatic heterocycles. The van der Waals surface area contributed by atoms with Gasteiger partial charge in [0, 0.05) is 12.6 Å². The maximum absolute atomic E-state index is 5.71. The van der Waals surface area contributed by atoms with Crippen LogP contribution in [0.15, 0.2) is 0 Å². The third-order valence-corrected chi connectivity index (χ3v) is 4.07. The van der Waals surface area contributed by atoms with Gasteiger partial charge in [-0.1, -0.05) is 20.3 Å². The lowest BCUT2D eigenvalue weighted by Crippen LogP contribution is -2.41. The molecule has 3 atom stereocenters. The minimum Gasteiger partial charge on any atom is -0.379 e.